The minimum absolute atomic E-state index is 0.634. The molecule has 0 unspecified atom stereocenters. The molecular weight excluding hydrogens is 228 g/mol. The molecular formula is C13H14N4O. The fourth-order valence-electron chi connectivity index (χ4n) is 2.14. The van der Waals surface area contributed by atoms with E-state index in [1.807, 2.05) is 37.5 Å². The van der Waals surface area contributed by atoms with Gasteiger partial charge < -0.3 is 15.5 Å². The number of aromatic amines is 1. The molecule has 0 fully saturated rings. The first kappa shape index (κ1) is 10.7. The topological polar surface area (TPSA) is 68.9 Å². The van der Waals surface area contributed by atoms with Crippen molar-refractivity contribution in [2.24, 2.45) is 7.05 Å². The Morgan fingerprint density at radius 1 is 1.39 bits per heavy atom. The number of nitrogen functional groups attached to an aromatic ring is 1. The summed E-state index contributed by atoms with van der Waals surface area (Å²) in [5, 5.41) is 5.42. The maximum Gasteiger partial charge on any atom is 0.128 e. The van der Waals surface area contributed by atoms with Crippen LogP contribution in [0.4, 0.5) is 5.82 Å². The standard InChI is InChI=1S/C13H14N4O/c1-17-12(14)6-10(16-17)8-7-15-9-4-3-5-11(18-2)13(8)9/h3-7,15H,14H2,1-2H3. The van der Waals surface area contributed by atoms with E-state index in [1.165, 1.54) is 0 Å². The van der Waals surface area contributed by atoms with Gasteiger partial charge in [0.1, 0.15) is 11.6 Å². The maximum atomic E-state index is 5.82. The monoisotopic (exact) mass is 242 g/mol. The number of rotatable bonds is 2. The molecule has 1 aromatic carbocycles. The first-order valence-electron chi connectivity index (χ1n) is 5.64. The Bertz CT molecular complexity index is 691. The number of H-pyrrole nitrogens is 1. The summed E-state index contributed by atoms with van der Waals surface area (Å²) in [5.41, 5.74) is 8.68. The average molecular weight is 242 g/mol. The van der Waals surface area contributed by atoms with Gasteiger partial charge in [0.05, 0.1) is 18.2 Å². The van der Waals surface area contributed by atoms with E-state index in [1.54, 1.807) is 11.8 Å². The number of anilines is 1. The lowest BCUT2D eigenvalue weighted by atomic mass is 10.1. The van der Waals surface area contributed by atoms with Crippen LogP contribution in [0.15, 0.2) is 30.5 Å². The second kappa shape index (κ2) is 3.80. The number of nitrogens with one attached hydrogen (secondary N) is 1. The van der Waals surface area contributed by atoms with Crippen LogP contribution in [0.1, 0.15) is 0 Å². The molecule has 0 atom stereocenters. The number of nitrogens with zero attached hydrogens (tertiary/aromatic N) is 2. The Morgan fingerprint density at radius 3 is 2.89 bits per heavy atom. The van der Waals surface area contributed by atoms with Crippen LogP contribution in [0, 0.1) is 0 Å². The molecule has 0 aliphatic rings. The third-order valence-corrected chi connectivity index (χ3v) is 3.08. The van der Waals surface area contributed by atoms with Crippen LogP contribution < -0.4 is 10.5 Å². The minimum atomic E-state index is 0.634. The first-order chi connectivity index (χ1) is 8.70. The van der Waals surface area contributed by atoms with Crippen molar-refractivity contribution in [3.8, 4) is 17.0 Å². The number of ether oxygens (including phenoxy) is 1. The Balaban J connectivity index is 2.29. The molecule has 0 saturated carbocycles. The van der Waals surface area contributed by atoms with Gasteiger partial charge in [-0.25, -0.2) is 0 Å². The van der Waals surface area contributed by atoms with Crippen LogP contribution in [0.5, 0.6) is 5.75 Å². The number of aryl methyl sites for hydroxylation is 1. The molecule has 0 bridgehead atoms. The highest BCUT2D eigenvalue weighted by Crippen LogP contribution is 2.34. The van der Waals surface area contributed by atoms with Crippen molar-refractivity contribution in [1.29, 1.82) is 0 Å². The van der Waals surface area contributed by atoms with Crippen molar-refractivity contribution in [1.82, 2.24) is 14.8 Å². The van der Waals surface area contributed by atoms with Crippen LogP contribution in [0.3, 0.4) is 0 Å². The highest BCUT2D eigenvalue weighted by Gasteiger charge is 2.13. The number of aromatic nitrogens is 3. The Kier molecular flexibility index (Phi) is 2.26. The highest BCUT2D eigenvalue weighted by atomic mass is 16.5. The van der Waals surface area contributed by atoms with Gasteiger partial charge in [-0.2, -0.15) is 5.10 Å². The molecule has 0 radical (unpaired) electrons. The molecule has 3 rings (SSSR count). The number of fused-ring (bicyclic) bond motifs is 1. The third-order valence-electron chi connectivity index (χ3n) is 3.08. The van der Waals surface area contributed by atoms with Crippen molar-refractivity contribution in [3.63, 3.8) is 0 Å². The fraction of sp³-hybridized carbons (Fsp3) is 0.154. The smallest absolute Gasteiger partial charge is 0.128 e. The zero-order chi connectivity index (χ0) is 12.7. The average Bonchev–Trinajstić information content (AvgIpc) is 2.93. The van der Waals surface area contributed by atoms with Gasteiger partial charge in [0.15, 0.2) is 0 Å². The van der Waals surface area contributed by atoms with Crippen LogP contribution in [0.2, 0.25) is 0 Å². The summed E-state index contributed by atoms with van der Waals surface area (Å²) in [5.74, 6) is 1.46. The van der Waals surface area contributed by atoms with Gasteiger partial charge in [-0.05, 0) is 12.1 Å². The zero-order valence-electron chi connectivity index (χ0n) is 10.3. The maximum absolute atomic E-state index is 5.82. The molecule has 5 heteroatoms. The summed E-state index contributed by atoms with van der Waals surface area (Å²) < 4.78 is 7.06. The quantitative estimate of drug-likeness (QED) is 0.723. The van der Waals surface area contributed by atoms with E-state index >= 15 is 0 Å². The number of hydrogen-bond donors (Lipinski definition) is 2. The second-order valence-corrected chi connectivity index (χ2v) is 4.16. The number of nitrogens with two attached hydrogens (primary N) is 1. The lowest BCUT2D eigenvalue weighted by molar-refractivity contribution is 0.420. The molecule has 2 heterocycles. The summed E-state index contributed by atoms with van der Waals surface area (Å²) in [7, 11) is 3.49. The van der Waals surface area contributed by atoms with Gasteiger partial charge in [-0.15, -0.1) is 0 Å². The summed E-state index contributed by atoms with van der Waals surface area (Å²) in [4.78, 5) is 3.22. The number of benzene rings is 1. The van der Waals surface area contributed by atoms with E-state index < -0.39 is 0 Å². The molecule has 0 amide bonds. The van der Waals surface area contributed by atoms with E-state index in [2.05, 4.69) is 10.1 Å². The van der Waals surface area contributed by atoms with E-state index in [4.69, 9.17) is 10.5 Å². The summed E-state index contributed by atoms with van der Waals surface area (Å²) in [6, 6.07) is 7.75. The summed E-state index contributed by atoms with van der Waals surface area (Å²) in [6.45, 7) is 0. The largest absolute Gasteiger partial charge is 0.496 e. The van der Waals surface area contributed by atoms with Crippen molar-refractivity contribution in [2.75, 3.05) is 12.8 Å². The number of hydrogen-bond acceptors (Lipinski definition) is 3. The van der Waals surface area contributed by atoms with Crippen LogP contribution in [-0.4, -0.2) is 21.9 Å². The van der Waals surface area contributed by atoms with Crippen molar-refractivity contribution in [2.45, 2.75) is 0 Å². The van der Waals surface area contributed by atoms with Crippen molar-refractivity contribution in [3.05, 3.63) is 30.5 Å². The fourth-order valence-corrected chi connectivity index (χ4v) is 2.14. The van der Waals surface area contributed by atoms with Gasteiger partial charge in [-0.3, -0.25) is 4.68 Å². The molecule has 0 aliphatic carbocycles. The molecule has 5 nitrogen and oxygen atoms in total. The van der Waals surface area contributed by atoms with E-state index in [9.17, 15) is 0 Å². The molecule has 0 spiro atoms. The van der Waals surface area contributed by atoms with E-state index in [-0.39, 0.29) is 0 Å². The van der Waals surface area contributed by atoms with Gasteiger partial charge in [0.25, 0.3) is 0 Å². The van der Waals surface area contributed by atoms with E-state index in [0.29, 0.717) is 5.82 Å². The predicted molar refractivity (Wildman–Crippen MR) is 71.5 cm³/mol. The van der Waals surface area contributed by atoms with Crippen molar-refractivity contribution < 1.29 is 4.74 Å². The Morgan fingerprint density at radius 2 is 2.22 bits per heavy atom. The molecule has 92 valence electrons. The van der Waals surface area contributed by atoms with Gasteiger partial charge in [0, 0.05) is 30.4 Å². The van der Waals surface area contributed by atoms with Crippen LogP contribution in [-0.2, 0) is 7.05 Å². The molecule has 3 aromatic rings. The summed E-state index contributed by atoms with van der Waals surface area (Å²) in [6.07, 6.45) is 1.93. The third kappa shape index (κ3) is 1.44. The van der Waals surface area contributed by atoms with Crippen molar-refractivity contribution >= 4 is 16.7 Å². The van der Waals surface area contributed by atoms with Gasteiger partial charge in [0.2, 0.25) is 0 Å². The minimum Gasteiger partial charge on any atom is -0.496 e. The van der Waals surface area contributed by atoms with Crippen LogP contribution in [0.25, 0.3) is 22.2 Å². The molecule has 2 aromatic heterocycles. The Labute approximate surface area is 104 Å². The van der Waals surface area contributed by atoms with Crippen LogP contribution >= 0.6 is 0 Å². The number of methoxy groups -OCH3 is 1. The molecule has 18 heavy (non-hydrogen) atoms. The lowest BCUT2D eigenvalue weighted by Crippen LogP contribution is -1.96. The second-order valence-electron chi connectivity index (χ2n) is 4.16. The molecule has 0 aliphatic heterocycles. The molecule has 3 N–H and O–H groups in total. The normalized spacial score (nSPS) is 11.0. The summed E-state index contributed by atoms with van der Waals surface area (Å²) >= 11 is 0. The zero-order valence-corrected chi connectivity index (χ0v) is 10.3. The van der Waals surface area contributed by atoms with Gasteiger partial charge >= 0.3 is 0 Å². The predicted octanol–water partition coefficient (Wildman–Crippen LogP) is 2.16. The Hall–Kier alpha value is -2.43. The molecule has 0 saturated heterocycles. The first-order valence-corrected chi connectivity index (χ1v) is 5.64. The van der Waals surface area contributed by atoms with E-state index in [0.717, 1.165) is 27.9 Å². The SMILES string of the molecule is COc1cccc2[nH]cc(-c3cc(N)n(C)n3)c12. The lowest BCUT2D eigenvalue weighted by Gasteiger charge is -2.02. The van der Waals surface area contributed by atoms with Gasteiger partial charge in [-0.1, -0.05) is 6.07 Å². The highest BCUT2D eigenvalue weighted by molar-refractivity contribution is 5.99.